The molecule has 0 radical (unpaired) electrons. The van der Waals surface area contributed by atoms with Crippen LogP contribution in [0.2, 0.25) is 0 Å². The van der Waals surface area contributed by atoms with Crippen LogP contribution in [0.4, 0.5) is 0 Å². The van der Waals surface area contributed by atoms with Gasteiger partial charge in [0.25, 0.3) is 0 Å². The molecule has 5 nitrogen and oxygen atoms in total. The normalized spacial score (nSPS) is 19.7. The molecule has 1 heterocycles. The number of carbonyl (C=O) groups is 1. The minimum atomic E-state index is -1.05. The lowest BCUT2D eigenvalue weighted by atomic mass is 10.0. The summed E-state index contributed by atoms with van der Waals surface area (Å²) in [6, 6.07) is 0. The van der Waals surface area contributed by atoms with Crippen LogP contribution in [0.15, 0.2) is 4.99 Å². The summed E-state index contributed by atoms with van der Waals surface area (Å²) in [6.07, 6.45) is 16.6. The van der Waals surface area contributed by atoms with Crippen LogP contribution in [0, 0.1) is 0 Å². The van der Waals surface area contributed by atoms with E-state index in [0.29, 0.717) is 24.1 Å². The fourth-order valence-electron chi connectivity index (χ4n) is 4.02. The third kappa shape index (κ3) is 9.13. The van der Waals surface area contributed by atoms with Crippen LogP contribution < -0.4 is 5.11 Å². The number of unbranched alkanes of at least 4 members (excludes halogenated alkanes) is 11. The van der Waals surface area contributed by atoms with E-state index in [9.17, 15) is 15.0 Å². The van der Waals surface area contributed by atoms with Gasteiger partial charge in [-0.1, -0.05) is 77.6 Å². The maximum atomic E-state index is 11.1. The highest BCUT2D eigenvalue weighted by molar-refractivity contribution is 5.79. The fourth-order valence-corrected chi connectivity index (χ4v) is 4.02. The number of carboxylic acids is 1. The Bertz CT molecular complexity index is 412. The van der Waals surface area contributed by atoms with E-state index in [1.54, 1.807) is 0 Å². The Morgan fingerprint density at radius 2 is 1.54 bits per heavy atom. The van der Waals surface area contributed by atoms with Gasteiger partial charge in [-0.3, -0.25) is 4.48 Å². The number of aliphatic hydroxyl groups excluding tert-OH is 1. The largest absolute Gasteiger partial charge is 0.544 e. The third-order valence-electron chi connectivity index (χ3n) is 5.58. The van der Waals surface area contributed by atoms with Crippen LogP contribution >= 0.6 is 0 Å². The summed E-state index contributed by atoms with van der Waals surface area (Å²) in [5.41, 5.74) is 0. The number of aliphatic carboxylic acids is 1. The molecule has 0 amide bonds. The highest BCUT2D eigenvalue weighted by atomic mass is 16.4. The molecule has 152 valence electrons. The Morgan fingerprint density at radius 3 is 2.04 bits per heavy atom. The van der Waals surface area contributed by atoms with E-state index in [4.69, 9.17) is 0 Å². The quantitative estimate of drug-likeness (QED) is 0.317. The van der Waals surface area contributed by atoms with Crippen molar-refractivity contribution in [1.29, 1.82) is 0 Å². The molecule has 1 N–H and O–H groups in total. The van der Waals surface area contributed by atoms with Gasteiger partial charge in [0.15, 0.2) is 5.84 Å². The Morgan fingerprint density at radius 1 is 1.00 bits per heavy atom. The first-order valence-electron chi connectivity index (χ1n) is 10.9. The lowest BCUT2D eigenvalue weighted by Crippen LogP contribution is -2.57. The number of quaternary nitrogens is 1. The Kier molecular flexibility index (Phi) is 12.6. The maximum Gasteiger partial charge on any atom is 0.198 e. The highest BCUT2D eigenvalue weighted by Crippen LogP contribution is 2.20. The van der Waals surface area contributed by atoms with Gasteiger partial charge in [-0.25, -0.2) is 4.99 Å². The molecule has 0 aliphatic carbocycles. The van der Waals surface area contributed by atoms with E-state index in [1.807, 2.05) is 0 Å². The Hall–Kier alpha value is -0.940. The van der Waals surface area contributed by atoms with Crippen molar-refractivity contribution in [2.45, 2.75) is 90.4 Å². The molecule has 1 unspecified atom stereocenters. The second-order valence-corrected chi connectivity index (χ2v) is 7.78. The number of rotatable bonds is 17. The first-order chi connectivity index (χ1) is 12.6. The van der Waals surface area contributed by atoms with Crippen LogP contribution in [0.1, 0.15) is 90.4 Å². The smallest absolute Gasteiger partial charge is 0.198 e. The Balaban J connectivity index is 2.08. The van der Waals surface area contributed by atoms with Crippen molar-refractivity contribution < 1.29 is 19.5 Å². The van der Waals surface area contributed by atoms with Crippen LogP contribution in [-0.2, 0) is 4.79 Å². The topological polar surface area (TPSA) is 72.7 Å². The van der Waals surface area contributed by atoms with E-state index in [1.165, 1.54) is 70.6 Å². The third-order valence-corrected chi connectivity index (χ3v) is 5.58. The molecule has 1 atom stereocenters. The van der Waals surface area contributed by atoms with Crippen molar-refractivity contribution in [2.24, 2.45) is 4.99 Å². The fraction of sp³-hybridized carbons (Fsp3) is 0.905. The molecule has 0 aromatic rings. The summed E-state index contributed by atoms with van der Waals surface area (Å²) in [5, 5.41) is 20.4. The van der Waals surface area contributed by atoms with Crippen LogP contribution in [-0.4, -0.2) is 54.2 Å². The van der Waals surface area contributed by atoms with Gasteiger partial charge in [0.1, 0.15) is 19.6 Å². The predicted octanol–water partition coefficient (Wildman–Crippen LogP) is 3.05. The van der Waals surface area contributed by atoms with E-state index < -0.39 is 5.97 Å². The lowest BCUT2D eigenvalue weighted by Gasteiger charge is -2.34. The minimum Gasteiger partial charge on any atom is -0.544 e. The van der Waals surface area contributed by atoms with Crippen molar-refractivity contribution in [3.8, 4) is 0 Å². The second-order valence-electron chi connectivity index (χ2n) is 7.78. The van der Waals surface area contributed by atoms with Gasteiger partial charge in [0.05, 0.1) is 19.1 Å². The second kappa shape index (κ2) is 14.2. The Labute approximate surface area is 160 Å². The molecule has 26 heavy (non-hydrogen) atoms. The average Bonchev–Trinajstić information content (AvgIpc) is 2.97. The lowest BCUT2D eigenvalue weighted by molar-refractivity contribution is -0.831. The monoisotopic (exact) mass is 368 g/mol. The molecule has 0 fully saturated rings. The van der Waals surface area contributed by atoms with E-state index in [-0.39, 0.29) is 13.2 Å². The van der Waals surface area contributed by atoms with Gasteiger partial charge in [0.2, 0.25) is 0 Å². The van der Waals surface area contributed by atoms with Crippen LogP contribution in [0.3, 0.4) is 0 Å². The molecular formula is C21H40N2O3. The number of hydrogen-bond acceptors (Lipinski definition) is 4. The summed E-state index contributed by atoms with van der Waals surface area (Å²) >= 11 is 0. The van der Waals surface area contributed by atoms with Crippen molar-refractivity contribution in [3.63, 3.8) is 0 Å². The molecular weight excluding hydrogens is 328 g/mol. The first-order valence-corrected chi connectivity index (χ1v) is 10.9. The zero-order valence-electron chi connectivity index (χ0n) is 16.9. The minimum absolute atomic E-state index is 0.00918. The number of hydrogen-bond donors (Lipinski definition) is 1. The molecule has 1 aliphatic rings. The molecule has 0 aromatic heterocycles. The number of aliphatic hydroxyl groups is 1. The number of carbonyl (C=O) groups excluding carboxylic acids is 1. The molecule has 1 aliphatic heterocycles. The van der Waals surface area contributed by atoms with Gasteiger partial charge in [0, 0.05) is 6.42 Å². The van der Waals surface area contributed by atoms with E-state index in [0.717, 1.165) is 18.7 Å². The van der Waals surface area contributed by atoms with E-state index >= 15 is 0 Å². The summed E-state index contributed by atoms with van der Waals surface area (Å²) in [5.74, 6) is -0.0990. The number of amidine groups is 1. The van der Waals surface area contributed by atoms with Crippen molar-refractivity contribution in [2.75, 3.05) is 32.8 Å². The van der Waals surface area contributed by atoms with Crippen molar-refractivity contribution in [3.05, 3.63) is 0 Å². The first kappa shape index (κ1) is 23.1. The SMILES string of the molecule is CCCCCCCCCCCCCCC1=NCC[N+]1(CCO)CC(=O)[O-]. The van der Waals surface area contributed by atoms with Crippen molar-refractivity contribution >= 4 is 11.8 Å². The molecule has 0 bridgehead atoms. The number of aliphatic imine (C=N–C) groups is 1. The van der Waals surface area contributed by atoms with Gasteiger partial charge in [-0.2, -0.15) is 0 Å². The van der Waals surface area contributed by atoms with Crippen molar-refractivity contribution in [1.82, 2.24) is 0 Å². The zero-order chi connectivity index (χ0) is 19.1. The van der Waals surface area contributed by atoms with Gasteiger partial charge in [-0.05, 0) is 6.42 Å². The highest BCUT2D eigenvalue weighted by Gasteiger charge is 2.37. The number of nitrogens with zero attached hydrogens (tertiary/aromatic N) is 2. The van der Waals surface area contributed by atoms with Crippen LogP contribution in [0.25, 0.3) is 0 Å². The molecule has 0 aromatic carbocycles. The predicted molar refractivity (Wildman–Crippen MR) is 105 cm³/mol. The summed E-state index contributed by atoms with van der Waals surface area (Å²) < 4.78 is 0.302. The van der Waals surface area contributed by atoms with E-state index in [2.05, 4.69) is 11.9 Å². The molecule has 1 rings (SSSR count). The molecule has 0 saturated heterocycles. The summed E-state index contributed by atoms with van der Waals surface area (Å²) in [6.45, 7) is 3.98. The molecule has 5 heteroatoms. The summed E-state index contributed by atoms with van der Waals surface area (Å²) in [4.78, 5) is 15.6. The van der Waals surface area contributed by atoms with Gasteiger partial charge < -0.3 is 15.0 Å². The molecule has 0 saturated carbocycles. The summed E-state index contributed by atoms with van der Waals surface area (Å²) in [7, 11) is 0. The number of carboxylic acid groups (broad SMARTS) is 1. The molecule has 0 spiro atoms. The average molecular weight is 369 g/mol. The standard InChI is InChI=1S/C21H40N2O3/c1-2-3-4-5-6-7-8-9-10-11-12-13-14-20-22-15-16-23(20,17-18-24)19-21(25)26/h24H,2-19H2,1H3. The maximum absolute atomic E-state index is 11.1. The zero-order valence-corrected chi connectivity index (χ0v) is 16.9. The van der Waals surface area contributed by atoms with Gasteiger partial charge in [-0.15, -0.1) is 0 Å². The van der Waals surface area contributed by atoms with Crippen LogP contribution in [0.5, 0.6) is 0 Å². The van der Waals surface area contributed by atoms with Gasteiger partial charge >= 0.3 is 0 Å².